The van der Waals surface area contributed by atoms with Crippen molar-refractivity contribution in [1.82, 2.24) is 4.57 Å². The topological polar surface area (TPSA) is 86.7 Å². The van der Waals surface area contributed by atoms with E-state index in [9.17, 15) is 4.79 Å². The molecule has 0 radical (unpaired) electrons. The molecule has 152 valence electrons. The predicted octanol–water partition coefficient (Wildman–Crippen LogP) is 4.24. The predicted molar refractivity (Wildman–Crippen MR) is 115 cm³/mol. The number of rotatable bonds is 7. The zero-order valence-corrected chi connectivity index (χ0v) is 17.2. The molecule has 6 nitrogen and oxygen atoms in total. The standard InChI is InChI=1S/C21H20Cl2N2O4/c1-25-11-17(18(23)10-21(25)27)16-9-15(24)3-5-20(16)29-19-4-2-14(22)8-13(19)12-28-7-6-26/h2-5,8-11,26H,6-7,12,24H2,1H3. The zero-order chi connectivity index (χ0) is 21.0. The average Bonchev–Trinajstić information content (AvgIpc) is 2.68. The SMILES string of the molecule is Cn1cc(-c2cc(N)ccc2Oc2ccc(Cl)cc2COCCO)c(Cl)cc1=O. The number of aryl methyl sites for hydroxylation is 1. The fourth-order valence-corrected chi connectivity index (χ4v) is 3.22. The van der Waals surface area contributed by atoms with Crippen molar-refractivity contribution in [3.63, 3.8) is 0 Å². The van der Waals surface area contributed by atoms with E-state index in [0.29, 0.717) is 38.4 Å². The summed E-state index contributed by atoms with van der Waals surface area (Å²) in [5.41, 5.74) is 8.27. The van der Waals surface area contributed by atoms with E-state index in [4.69, 9.17) is 43.5 Å². The molecular formula is C21H20Cl2N2O4. The maximum atomic E-state index is 11.8. The van der Waals surface area contributed by atoms with Crippen LogP contribution in [0.2, 0.25) is 10.0 Å². The molecule has 0 amide bonds. The van der Waals surface area contributed by atoms with E-state index in [2.05, 4.69) is 0 Å². The number of nitrogens with zero attached hydrogens (tertiary/aromatic N) is 1. The molecule has 0 unspecified atom stereocenters. The van der Waals surface area contributed by atoms with Crippen LogP contribution in [-0.2, 0) is 18.4 Å². The second-order valence-electron chi connectivity index (χ2n) is 6.37. The Labute approximate surface area is 178 Å². The molecule has 0 aliphatic carbocycles. The van der Waals surface area contributed by atoms with E-state index in [1.165, 1.54) is 10.6 Å². The minimum atomic E-state index is -0.217. The quantitative estimate of drug-likeness (QED) is 0.428. The van der Waals surface area contributed by atoms with Crippen LogP contribution < -0.4 is 16.0 Å². The molecular weight excluding hydrogens is 415 g/mol. The van der Waals surface area contributed by atoms with Crippen LogP contribution in [0.3, 0.4) is 0 Å². The van der Waals surface area contributed by atoms with E-state index in [1.54, 1.807) is 49.6 Å². The highest BCUT2D eigenvalue weighted by Gasteiger charge is 2.15. The number of nitrogens with two attached hydrogens (primary N) is 1. The summed E-state index contributed by atoms with van der Waals surface area (Å²) < 4.78 is 13.0. The molecule has 0 aliphatic rings. The molecule has 0 atom stereocenters. The number of aliphatic hydroxyl groups excluding tert-OH is 1. The summed E-state index contributed by atoms with van der Waals surface area (Å²) in [6, 6.07) is 11.7. The van der Waals surface area contributed by atoms with Crippen molar-refractivity contribution >= 4 is 28.9 Å². The first-order valence-corrected chi connectivity index (χ1v) is 9.55. The van der Waals surface area contributed by atoms with Crippen LogP contribution in [0, 0.1) is 0 Å². The Morgan fingerprint density at radius 1 is 1.07 bits per heavy atom. The van der Waals surface area contributed by atoms with E-state index in [-0.39, 0.29) is 25.4 Å². The van der Waals surface area contributed by atoms with Gasteiger partial charge in [-0.2, -0.15) is 0 Å². The number of aromatic nitrogens is 1. The van der Waals surface area contributed by atoms with Gasteiger partial charge >= 0.3 is 0 Å². The highest BCUT2D eigenvalue weighted by atomic mass is 35.5. The minimum absolute atomic E-state index is 0.0793. The van der Waals surface area contributed by atoms with Gasteiger partial charge in [-0.25, -0.2) is 0 Å². The molecule has 0 fully saturated rings. The molecule has 0 aliphatic heterocycles. The van der Waals surface area contributed by atoms with Crippen LogP contribution >= 0.6 is 23.2 Å². The van der Waals surface area contributed by atoms with Crippen molar-refractivity contribution in [2.24, 2.45) is 7.05 Å². The first-order valence-electron chi connectivity index (χ1n) is 8.80. The number of hydrogen-bond donors (Lipinski definition) is 2. The monoisotopic (exact) mass is 434 g/mol. The Morgan fingerprint density at radius 3 is 2.59 bits per heavy atom. The lowest BCUT2D eigenvalue weighted by atomic mass is 10.1. The molecule has 0 bridgehead atoms. The molecule has 2 aromatic carbocycles. The third-order valence-electron chi connectivity index (χ3n) is 4.21. The molecule has 8 heteroatoms. The molecule has 0 spiro atoms. The number of ether oxygens (including phenoxy) is 2. The molecule has 3 rings (SSSR count). The lowest BCUT2D eigenvalue weighted by Crippen LogP contribution is -2.14. The van der Waals surface area contributed by atoms with Crippen molar-refractivity contribution in [1.29, 1.82) is 0 Å². The maximum Gasteiger partial charge on any atom is 0.251 e. The minimum Gasteiger partial charge on any atom is -0.456 e. The summed E-state index contributed by atoms with van der Waals surface area (Å²) in [7, 11) is 1.64. The van der Waals surface area contributed by atoms with E-state index in [1.807, 2.05) is 0 Å². The van der Waals surface area contributed by atoms with Crippen LogP contribution in [0.4, 0.5) is 5.69 Å². The van der Waals surface area contributed by atoms with Crippen LogP contribution in [-0.4, -0.2) is 22.9 Å². The van der Waals surface area contributed by atoms with Crippen LogP contribution in [0.15, 0.2) is 53.5 Å². The highest BCUT2D eigenvalue weighted by Crippen LogP contribution is 2.39. The van der Waals surface area contributed by atoms with Gasteiger partial charge in [0.2, 0.25) is 0 Å². The van der Waals surface area contributed by atoms with E-state index < -0.39 is 0 Å². The third kappa shape index (κ3) is 5.10. The Bertz CT molecular complexity index is 1080. The molecule has 29 heavy (non-hydrogen) atoms. The third-order valence-corrected chi connectivity index (χ3v) is 4.76. The normalized spacial score (nSPS) is 10.9. The van der Waals surface area contributed by atoms with Crippen molar-refractivity contribution in [3.8, 4) is 22.6 Å². The fourth-order valence-electron chi connectivity index (χ4n) is 2.78. The second kappa shape index (κ2) is 9.33. The number of aliphatic hydroxyl groups is 1. The molecule has 1 aromatic heterocycles. The molecule has 1 heterocycles. The maximum absolute atomic E-state index is 11.8. The van der Waals surface area contributed by atoms with Crippen molar-refractivity contribution < 1.29 is 14.6 Å². The second-order valence-corrected chi connectivity index (χ2v) is 7.21. The Morgan fingerprint density at radius 2 is 1.83 bits per heavy atom. The largest absolute Gasteiger partial charge is 0.456 e. The number of halogens is 2. The number of hydrogen-bond acceptors (Lipinski definition) is 5. The number of nitrogen functional groups attached to an aromatic ring is 1. The average molecular weight is 435 g/mol. The molecule has 3 N–H and O–H groups in total. The van der Waals surface area contributed by atoms with Gasteiger partial charge < -0.3 is 24.9 Å². The zero-order valence-electron chi connectivity index (χ0n) is 15.7. The first kappa shape index (κ1) is 21.2. The Kier molecular flexibility index (Phi) is 6.82. The molecule has 0 saturated heterocycles. The van der Waals surface area contributed by atoms with Gasteiger partial charge in [-0.15, -0.1) is 0 Å². The Hall–Kier alpha value is -2.51. The summed E-state index contributed by atoms with van der Waals surface area (Å²) in [4.78, 5) is 11.8. The summed E-state index contributed by atoms with van der Waals surface area (Å²) in [6.45, 7) is 0.345. The van der Waals surface area contributed by atoms with E-state index >= 15 is 0 Å². The van der Waals surface area contributed by atoms with Crippen molar-refractivity contribution in [3.05, 3.63) is 74.6 Å². The van der Waals surface area contributed by atoms with Gasteiger partial charge in [-0.1, -0.05) is 23.2 Å². The van der Waals surface area contributed by atoms with Crippen LogP contribution in [0.5, 0.6) is 11.5 Å². The number of benzene rings is 2. The highest BCUT2D eigenvalue weighted by molar-refractivity contribution is 6.33. The van der Waals surface area contributed by atoms with Gasteiger partial charge in [-0.05, 0) is 36.4 Å². The van der Waals surface area contributed by atoms with Gasteiger partial charge in [0.15, 0.2) is 0 Å². The molecule has 0 saturated carbocycles. The Balaban J connectivity index is 2.04. The smallest absolute Gasteiger partial charge is 0.251 e. The lowest BCUT2D eigenvalue weighted by molar-refractivity contribution is 0.0806. The first-order chi connectivity index (χ1) is 13.9. The van der Waals surface area contributed by atoms with Gasteiger partial charge in [0.05, 0.1) is 24.8 Å². The fraction of sp³-hybridized carbons (Fsp3) is 0.190. The van der Waals surface area contributed by atoms with Gasteiger partial charge in [0.1, 0.15) is 11.5 Å². The van der Waals surface area contributed by atoms with Crippen molar-refractivity contribution in [2.75, 3.05) is 18.9 Å². The molecule has 3 aromatic rings. The number of anilines is 1. The van der Waals surface area contributed by atoms with Crippen LogP contribution in [0.1, 0.15) is 5.56 Å². The van der Waals surface area contributed by atoms with Gasteiger partial charge in [0.25, 0.3) is 5.56 Å². The van der Waals surface area contributed by atoms with Crippen molar-refractivity contribution in [2.45, 2.75) is 6.61 Å². The van der Waals surface area contributed by atoms with Gasteiger partial charge in [-0.3, -0.25) is 4.79 Å². The van der Waals surface area contributed by atoms with E-state index in [0.717, 1.165) is 5.56 Å². The number of pyridine rings is 1. The van der Waals surface area contributed by atoms with Gasteiger partial charge in [0, 0.05) is 46.7 Å². The summed E-state index contributed by atoms with van der Waals surface area (Å²) in [5, 5.41) is 9.77. The summed E-state index contributed by atoms with van der Waals surface area (Å²) in [6.07, 6.45) is 1.64. The summed E-state index contributed by atoms with van der Waals surface area (Å²) in [5.74, 6) is 1.05. The summed E-state index contributed by atoms with van der Waals surface area (Å²) >= 11 is 12.4. The van der Waals surface area contributed by atoms with Crippen LogP contribution in [0.25, 0.3) is 11.1 Å². The lowest BCUT2D eigenvalue weighted by Gasteiger charge is -2.16.